The van der Waals surface area contributed by atoms with Crippen LogP contribution in [0.15, 0.2) is 53.4 Å². The summed E-state index contributed by atoms with van der Waals surface area (Å²) >= 11 is 3.09. The molecule has 2 aromatic carbocycles. The van der Waals surface area contributed by atoms with Crippen molar-refractivity contribution in [3.05, 3.63) is 78.2 Å². The maximum Gasteiger partial charge on any atom is 0.293 e. The van der Waals surface area contributed by atoms with Crippen LogP contribution in [0.5, 0.6) is 0 Å². The summed E-state index contributed by atoms with van der Waals surface area (Å²) < 4.78 is 1.08. The summed E-state index contributed by atoms with van der Waals surface area (Å²) in [7, 11) is 0. The van der Waals surface area contributed by atoms with Gasteiger partial charge in [-0.2, -0.15) is 0 Å². The van der Waals surface area contributed by atoms with Gasteiger partial charge < -0.3 is 0 Å². The van der Waals surface area contributed by atoms with Gasteiger partial charge in [0.1, 0.15) is 0 Å². The zero-order chi connectivity index (χ0) is 18.0. The lowest BCUT2D eigenvalue weighted by atomic mass is 10.2. The van der Waals surface area contributed by atoms with Crippen molar-refractivity contribution in [1.82, 2.24) is 4.90 Å². The Kier molecular flexibility index (Phi) is 5.19. The topological polar surface area (TPSA) is 80.5 Å². The number of imide groups is 1. The maximum atomic E-state index is 12.5. The van der Waals surface area contributed by atoms with Gasteiger partial charge in [-0.05, 0) is 63.7 Å². The van der Waals surface area contributed by atoms with E-state index in [0.717, 1.165) is 25.8 Å². The van der Waals surface area contributed by atoms with Crippen molar-refractivity contribution >= 4 is 57.3 Å². The van der Waals surface area contributed by atoms with E-state index < -0.39 is 4.92 Å². The number of hydrogen-bond donors (Lipinski definition) is 0. The van der Waals surface area contributed by atoms with Crippen molar-refractivity contribution in [3.63, 3.8) is 0 Å². The third-order valence-corrected chi connectivity index (χ3v) is 5.16. The normalized spacial score (nSPS) is 15.9. The van der Waals surface area contributed by atoms with Gasteiger partial charge in [0.15, 0.2) is 0 Å². The van der Waals surface area contributed by atoms with Gasteiger partial charge in [0.2, 0.25) is 0 Å². The number of carbonyl (C=O) groups is 2. The molecule has 0 unspecified atom stereocenters. The lowest BCUT2D eigenvalue weighted by Gasteiger charge is -2.12. The van der Waals surface area contributed by atoms with Crippen LogP contribution in [0.2, 0.25) is 0 Å². The molecule has 1 aliphatic rings. The summed E-state index contributed by atoms with van der Waals surface area (Å²) in [5.41, 5.74) is 1.47. The predicted octanol–water partition coefficient (Wildman–Crippen LogP) is 4.44. The lowest BCUT2D eigenvalue weighted by molar-refractivity contribution is -0.384. The van der Waals surface area contributed by atoms with Gasteiger partial charge in [0.25, 0.3) is 16.8 Å². The van der Waals surface area contributed by atoms with Crippen LogP contribution in [-0.4, -0.2) is 21.0 Å². The Labute approximate surface area is 161 Å². The number of nitro groups is 1. The minimum atomic E-state index is -0.492. The largest absolute Gasteiger partial charge is 0.293 e. The quantitative estimate of drug-likeness (QED) is 0.288. The van der Waals surface area contributed by atoms with Crippen LogP contribution in [0.4, 0.5) is 10.5 Å². The number of amides is 2. The Morgan fingerprint density at radius 1 is 1.08 bits per heavy atom. The van der Waals surface area contributed by atoms with E-state index in [1.807, 2.05) is 24.3 Å². The Morgan fingerprint density at radius 2 is 1.72 bits per heavy atom. The van der Waals surface area contributed by atoms with Gasteiger partial charge in [-0.1, -0.05) is 24.3 Å². The highest BCUT2D eigenvalue weighted by Crippen LogP contribution is 2.33. The molecular formula is C17H11IN2O4S. The third kappa shape index (κ3) is 4.07. The van der Waals surface area contributed by atoms with Crippen LogP contribution in [0, 0.1) is 13.7 Å². The molecule has 0 atom stereocenters. The van der Waals surface area contributed by atoms with E-state index in [0.29, 0.717) is 10.5 Å². The Morgan fingerprint density at radius 3 is 2.32 bits per heavy atom. The fraction of sp³-hybridized carbons (Fsp3) is 0.0588. The Bertz CT molecular complexity index is 879. The first-order chi connectivity index (χ1) is 11.9. The fourth-order valence-electron chi connectivity index (χ4n) is 2.25. The van der Waals surface area contributed by atoms with E-state index in [1.165, 1.54) is 12.1 Å². The van der Waals surface area contributed by atoms with Crippen molar-refractivity contribution in [2.45, 2.75) is 6.54 Å². The summed E-state index contributed by atoms with van der Waals surface area (Å²) in [5, 5.41) is 10.3. The summed E-state index contributed by atoms with van der Waals surface area (Å²) in [6.45, 7) is 0.0900. The Hall–Kier alpha value is -2.20. The van der Waals surface area contributed by atoms with E-state index >= 15 is 0 Å². The maximum absolute atomic E-state index is 12.5. The molecule has 1 aliphatic heterocycles. The SMILES string of the molecule is O=C1SC(=Cc2ccc(I)cc2)C(=O)N1Cc1ccc([N+](=O)[O-])cc1. The molecule has 3 rings (SSSR count). The molecule has 0 bridgehead atoms. The first-order valence-electron chi connectivity index (χ1n) is 7.18. The number of hydrogen-bond acceptors (Lipinski definition) is 5. The fourth-order valence-corrected chi connectivity index (χ4v) is 3.45. The molecule has 2 aromatic rings. The summed E-state index contributed by atoms with van der Waals surface area (Å²) in [6, 6.07) is 13.4. The van der Waals surface area contributed by atoms with E-state index in [2.05, 4.69) is 22.6 Å². The zero-order valence-corrected chi connectivity index (χ0v) is 15.7. The van der Waals surface area contributed by atoms with E-state index in [1.54, 1.807) is 18.2 Å². The highest BCUT2D eigenvalue weighted by atomic mass is 127. The van der Waals surface area contributed by atoms with Crippen LogP contribution in [0.3, 0.4) is 0 Å². The molecule has 0 radical (unpaired) electrons. The number of benzene rings is 2. The van der Waals surface area contributed by atoms with E-state index in [4.69, 9.17) is 0 Å². The molecule has 0 aromatic heterocycles. The van der Waals surface area contributed by atoms with Crippen molar-refractivity contribution in [2.75, 3.05) is 0 Å². The molecule has 0 spiro atoms. The van der Waals surface area contributed by atoms with Crippen LogP contribution in [0.1, 0.15) is 11.1 Å². The molecule has 0 aliphatic carbocycles. The van der Waals surface area contributed by atoms with Gasteiger partial charge in [0, 0.05) is 15.7 Å². The van der Waals surface area contributed by atoms with Crippen molar-refractivity contribution in [1.29, 1.82) is 0 Å². The summed E-state index contributed by atoms with van der Waals surface area (Å²) in [4.78, 5) is 36.3. The smallest absolute Gasteiger partial charge is 0.268 e. The molecule has 8 heteroatoms. The number of nitrogens with zero attached hydrogens (tertiary/aromatic N) is 2. The molecule has 126 valence electrons. The monoisotopic (exact) mass is 466 g/mol. The minimum Gasteiger partial charge on any atom is -0.268 e. The molecule has 1 heterocycles. The highest BCUT2D eigenvalue weighted by molar-refractivity contribution is 14.1. The number of halogens is 1. The average molecular weight is 466 g/mol. The van der Waals surface area contributed by atoms with Gasteiger partial charge in [-0.15, -0.1) is 0 Å². The summed E-state index contributed by atoms with van der Waals surface area (Å²) in [6.07, 6.45) is 1.69. The first-order valence-corrected chi connectivity index (χ1v) is 9.08. The zero-order valence-electron chi connectivity index (χ0n) is 12.7. The molecule has 2 amide bonds. The van der Waals surface area contributed by atoms with Gasteiger partial charge in [-0.3, -0.25) is 24.6 Å². The second kappa shape index (κ2) is 7.36. The van der Waals surface area contributed by atoms with E-state index in [-0.39, 0.29) is 23.4 Å². The molecular weight excluding hydrogens is 455 g/mol. The molecule has 6 nitrogen and oxygen atoms in total. The van der Waals surface area contributed by atoms with Crippen LogP contribution < -0.4 is 0 Å². The van der Waals surface area contributed by atoms with E-state index in [9.17, 15) is 19.7 Å². The highest BCUT2D eigenvalue weighted by Gasteiger charge is 2.35. The standard InChI is InChI=1S/C17H11IN2O4S/c18-13-5-1-11(2-6-13)9-15-16(21)19(17(22)25-15)10-12-3-7-14(8-4-12)20(23)24/h1-9H,10H2. The van der Waals surface area contributed by atoms with Crippen molar-refractivity contribution in [3.8, 4) is 0 Å². The number of non-ortho nitro benzene ring substituents is 1. The summed E-state index contributed by atoms with van der Waals surface area (Å²) in [5.74, 6) is -0.355. The molecule has 0 saturated carbocycles. The number of rotatable bonds is 4. The number of nitro benzene ring substituents is 1. The van der Waals surface area contributed by atoms with Crippen LogP contribution in [-0.2, 0) is 11.3 Å². The number of thioether (sulfide) groups is 1. The number of carbonyl (C=O) groups excluding carboxylic acids is 2. The van der Waals surface area contributed by atoms with Crippen LogP contribution >= 0.6 is 34.4 Å². The van der Waals surface area contributed by atoms with Gasteiger partial charge in [0.05, 0.1) is 16.4 Å². The molecule has 25 heavy (non-hydrogen) atoms. The Balaban J connectivity index is 1.77. The van der Waals surface area contributed by atoms with Crippen molar-refractivity contribution < 1.29 is 14.5 Å². The molecule has 1 saturated heterocycles. The second-order valence-electron chi connectivity index (χ2n) is 5.24. The molecule has 0 N–H and O–H groups in total. The second-order valence-corrected chi connectivity index (χ2v) is 7.48. The lowest BCUT2D eigenvalue weighted by Crippen LogP contribution is -2.27. The van der Waals surface area contributed by atoms with Crippen molar-refractivity contribution in [2.24, 2.45) is 0 Å². The predicted molar refractivity (Wildman–Crippen MR) is 104 cm³/mol. The van der Waals surface area contributed by atoms with Gasteiger partial charge in [-0.25, -0.2) is 0 Å². The molecule has 1 fully saturated rings. The average Bonchev–Trinajstić information content (AvgIpc) is 2.85. The first kappa shape index (κ1) is 17.6. The van der Waals surface area contributed by atoms with Gasteiger partial charge >= 0.3 is 0 Å². The van der Waals surface area contributed by atoms with Crippen LogP contribution in [0.25, 0.3) is 6.08 Å². The minimum absolute atomic E-state index is 0.0310. The third-order valence-electron chi connectivity index (χ3n) is 3.53.